The molecule has 0 saturated carbocycles. The Morgan fingerprint density at radius 3 is 2.68 bits per heavy atom. The maximum atomic E-state index is 13.4. The lowest BCUT2D eigenvalue weighted by Gasteiger charge is -2.13. The summed E-state index contributed by atoms with van der Waals surface area (Å²) < 4.78 is 26.8. The highest BCUT2D eigenvalue weighted by Gasteiger charge is 2.28. The fourth-order valence-electron chi connectivity index (χ4n) is 1.42. The van der Waals surface area contributed by atoms with Crippen LogP contribution in [0.4, 0.5) is 14.6 Å². The molecule has 22 heavy (non-hydrogen) atoms. The van der Waals surface area contributed by atoms with E-state index in [1.54, 1.807) is 6.92 Å². The molecule has 0 aliphatic heterocycles. The first-order chi connectivity index (χ1) is 10.1. The van der Waals surface area contributed by atoms with Crippen molar-refractivity contribution >= 4 is 29.0 Å². The van der Waals surface area contributed by atoms with Crippen molar-refractivity contribution in [2.75, 3.05) is 5.32 Å². The summed E-state index contributed by atoms with van der Waals surface area (Å²) in [7, 11) is 0. The first kappa shape index (κ1) is 18.2. The number of pyridine rings is 1. The zero-order valence-corrected chi connectivity index (χ0v) is 13.6. The molecule has 4 nitrogen and oxygen atoms in total. The second-order valence-electron chi connectivity index (χ2n) is 4.92. The van der Waals surface area contributed by atoms with Gasteiger partial charge in [0.1, 0.15) is 5.82 Å². The van der Waals surface area contributed by atoms with E-state index >= 15 is 0 Å². The van der Waals surface area contributed by atoms with Crippen LogP contribution in [0.25, 0.3) is 0 Å². The molecule has 0 aliphatic carbocycles. The zero-order valence-electron chi connectivity index (χ0n) is 12.9. The molecule has 120 valence electrons. The zero-order chi connectivity index (χ0) is 16.9. The lowest BCUT2D eigenvalue weighted by atomic mass is 10.1. The second kappa shape index (κ2) is 7.45. The first-order valence-electron chi connectivity index (χ1n) is 6.70. The number of hydrogen-bond acceptors (Lipinski definition) is 3. The molecule has 0 radical (unpaired) electrons. The number of anilines is 1. The Morgan fingerprint density at radius 2 is 2.14 bits per heavy atom. The third-order valence-corrected chi connectivity index (χ3v) is 3.22. The van der Waals surface area contributed by atoms with Crippen LogP contribution in [0.15, 0.2) is 29.0 Å². The fraction of sp³-hybridized carbons (Fsp3) is 0.400. The normalized spacial score (nSPS) is 13.2. The van der Waals surface area contributed by atoms with Crippen molar-refractivity contribution in [3.05, 3.63) is 34.6 Å². The number of halogens is 3. The highest BCUT2D eigenvalue weighted by Crippen LogP contribution is 2.33. The van der Waals surface area contributed by atoms with Crippen LogP contribution in [-0.2, 0) is 10.7 Å². The van der Waals surface area contributed by atoms with Crippen LogP contribution in [0, 0.1) is 0 Å². The summed E-state index contributed by atoms with van der Waals surface area (Å²) in [5.41, 5.74) is 0.833. The van der Waals surface area contributed by atoms with Crippen molar-refractivity contribution in [1.82, 2.24) is 4.98 Å². The molecule has 0 unspecified atom stereocenters. The maximum Gasteiger partial charge on any atom is 0.272 e. The van der Waals surface area contributed by atoms with Gasteiger partial charge in [0.2, 0.25) is 0 Å². The van der Waals surface area contributed by atoms with Gasteiger partial charge in [-0.05, 0) is 26.3 Å². The van der Waals surface area contributed by atoms with E-state index in [4.69, 9.17) is 11.6 Å². The van der Waals surface area contributed by atoms with Crippen LogP contribution in [0.2, 0.25) is 5.02 Å². The van der Waals surface area contributed by atoms with E-state index in [0.717, 1.165) is 31.3 Å². The van der Waals surface area contributed by atoms with Crippen LogP contribution in [-0.4, -0.2) is 16.6 Å². The van der Waals surface area contributed by atoms with E-state index in [1.165, 1.54) is 6.20 Å². The molecule has 0 aliphatic rings. The van der Waals surface area contributed by atoms with E-state index in [9.17, 15) is 13.6 Å². The van der Waals surface area contributed by atoms with Gasteiger partial charge in [-0.1, -0.05) is 18.5 Å². The number of carbonyl (C=O) groups is 1. The van der Waals surface area contributed by atoms with Crippen LogP contribution >= 0.6 is 11.6 Å². The average Bonchev–Trinajstić information content (AvgIpc) is 2.44. The van der Waals surface area contributed by atoms with Gasteiger partial charge in [0.15, 0.2) is 0 Å². The minimum absolute atomic E-state index is 0.00914. The van der Waals surface area contributed by atoms with Crippen molar-refractivity contribution < 1.29 is 13.6 Å². The molecule has 0 aromatic carbocycles. The molecule has 0 atom stereocenters. The van der Waals surface area contributed by atoms with Gasteiger partial charge in [0.05, 0.1) is 5.02 Å². The standard InChI is InChI=1S/C15H18ClF2N3O/c1-5-10(3)19-7-9(2)14(22)21-13-6-11(15(4,17)18)12(16)8-20-13/h6-8H,5H2,1-4H3,(H,20,21,22)/b9-7+,19-10+. The van der Waals surface area contributed by atoms with Crippen molar-refractivity contribution in [2.24, 2.45) is 4.99 Å². The van der Waals surface area contributed by atoms with Crippen LogP contribution in [0.3, 0.4) is 0 Å². The number of amides is 1. The summed E-state index contributed by atoms with van der Waals surface area (Å²) in [5.74, 6) is -3.57. The SMILES string of the molecule is CC/C(C)=N/C=C(\C)C(=O)Nc1cc(C(C)(F)F)c(Cl)cn1. The van der Waals surface area contributed by atoms with Gasteiger partial charge < -0.3 is 5.32 Å². The number of aliphatic imine (C=N–C) groups is 1. The molecule has 1 rings (SSSR count). The number of nitrogens with zero attached hydrogens (tertiary/aromatic N) is 2. The van der Waals surface area contributed by atoms with Gasteiger partial charge in [0, 0.05) is 36.2 Å². The lowest BCUT2D eigenvalue weighted by molar-refractivity contribution is -0.112. The van der Waals surface area contributed by atoms with Gasteiger partial charge >= 0.3 is 0 Å². The van der Waals surface area contributed by atoms with Gasteiger partial charge in [-0.3, -0.25) is 9.79 Å². The topological polar surface area (TPSA) is 54.4 Å². The van der Waals surface area contributed by atoms with E-state index in [2.05, 4.69) is 15.3 Å². The Balaban J connectivity index is 2.94. The number of aromatic nitrogens is 1. The molecular formula is C15H18ClF2N3O. The molecule has 0 spiro atoms. The molecule has 1 aromatic heterocycles. The second-order valence-corrected chi connectivity index (χ2v) is 5.33. The molecule has 1 N–H and O–H groups in total. The molecule has 1 aromatic rings. The third-order valence-electron chi connectivity index (χ3n) is 2.92. The van der Waals surface area contributed by atoms with Gasteiger partial charge in [-0.15, -0.1) is 0 Å². The first-order valence-corrected chi connectivity index (χ1v) is 7.08. The van der Waals surface area contributed by atoms with E-state index in [0.29, 0.717) is 5.57 Å². The molecular weight excluding hydrogens is 312 g/mol. The minimum atomic E-state index is -3.12. The molecule has 1 heterocycles. The molecule has 7 heteroatoms. The van der Waals surface area contributed by atoms with Gasteiger partial charge in [-0.2, -0.15) is 0 Å². The van der Waals surface area contributed by atoms with E-state index in [1.807, 2.05) is 13.8 Å². The molecule has 0 bridgehead atoms. The van der Waals surface area contributed by atoms with E-state index < -0.39 is 11.8 Å². The quantitative estimate of drug-likeness (QED) is 0.636. The maximum absolute atomic E-state index is 13.4. The number of rotatable bonds is 5. The Morgan fingerprint density at radius 1 is 1.50 bits per heavy atom. The highest BCUT2D eigenvalue weighted by atomic mass is 35.5. The largest absolute Gasteiger partial charge is 0.307 e. The van der Waals surface area contributed by atoms with E-state index in [-0.39, 0.29) is 16.4 Å². The predicted molar refractivity (Wildman–Crippen MR) is 84.6 cm³/mol. The number of carbonyl (C=O) groups excluding carboxylic acids is 1. The lowest BCUT2D eigenvalue weighted by Crippen LogP contribution is -2.15. The summed E-state index contributed by atoms with van der Waals surface area (Å²) in [6.07, 6.45) is 3.29. The summed E-state index contributed by atoms with van der Waals surface area (Å²) in [6, 6.07) is 1.06. The average molecular weight is 330 g/mol. The Hall–Kier alpha value is -1.82. The van der Waals surface area contributed by atoms with Gasteiger partial charge in [-0.25, -0.2) is 13.8 Å². The van der Waals surface area contributed by atoms with Crippen molar-refractivity contribution in [2.45, 2.75) is 40.0 Å². The summed E-state index contributed by atoms with van der Waals surface area (Å²) in [5, 5.41) is 2.29. The summed E-state index contributed by atoms with van der Waals surface area (Å²) in [6.45, 7) is 6.10. The highest BCUT2D eigenvalue weighted by molar-refractivity contribution is 6.31. The Bertz CT molecular complexity index is 622. The van der Waals surface area contributed by atoms with Gasteiger partial charge in [0.25, 0.3) is 11.8 Å². The molecule has 1 amide bonds. The number of alkyl halides is 2. The Kier molecular flexibility index (Phi) is 6.17. The van der Waals surface area contributed by atoms with Crippen molar-refractivity contribution in [3.63, 3.8) is 0 Å². The van der Waals surface area contributed by atoms with Crippen LogP contribution in [0.1, 0.15) is 39.7 Å². The fourth-order valence-corrected chi connectivity index (χ4v) is 1.68. The van der Waals surface area contributed by atoms with Crippen LogP contribution < -0.4 is 5.32 Å². The number of hydrogen-bond donors (Lipinski definition) is 1. The third kappa shape index (κ3) is 5.18. The number of nitrogens with one attached hydrogen (secondary N) is 1. The van der Waals surface area contributed by atoms with Crippen LogP contribution in [0.5, 0.6) is 0 Å². The minimum Gasteiger partial charge on any atom is -0.307 e. The molecule has 0 fully saturated rings. The predicted octanol–water partition coefficient (Wildman–Crippen LogP) is 4.56. The van der Waals surface area contributed by atoms with Crippen molar-refractivity contribution in [3.8, 4) is 0 Å². The monoisotopic (exact) mass is 329 g/mol. The Labute approximate surface area is 133 Å². The summed E-state index contributed by atoms with van der Waals surface area (Å²) >= 11 is 5.70. The summed E-state index contributed by atoms with van der Waals surface area (Å²) in [4.78, 5) is 19.9. The van der Waals surface area contributed by atoms with Crippen molar-refractivity contribution in [1.29, 1.82) is 0 Å². The molecule has 0 saturated heterocycles. The smallest absolute Gasteiger partial charge is 0.272 e.